The van der Waals surface area contributed by atoms with Gasteiger partial charge in [-0.05, 0) is 13.3 Å². The zero-order valence-electron chi connectivity index (χ0n) is 7.34. The predicted molar refractivity (Wildman–Crippen MR) is 43.6 cm³/mol. The molecule has 3 nitrogen and oxygen atoms in total. The molecule has 0 aromatic heterocycles. The summed E-state index contributed by atoms with van der Waals surface area (Å²) in [6, 6.07) is 0. The molecule has 1 saturated heterocycles. The van der Waals surface area contributed by atoms with Crippen LogP contribution in [0.4, 0.5) is 0 Å². The van der Waals surface area contributed by atoms with Crippen LogP contribution in [0.25, 0.3) is 0 Å². The number of hydrogen-bond acceptors (Lipinski definition) is 3. The van der Waals surface area contributed by atoms with Gasteiger partial charge in [0.1, 0.15) is 0 Å². The average molecular weight is 159 g/mol. The number of hydrogen-bond donors (Lipinski definition) is 1. The highest BCUT2D eigenvalue weighted by atomic mass is 16.5. The van der Waals surface area contributed by atoms with E-state index in [1.54, 1.807) is 7.11 Å². The molecule has 3 heteroatoms. The van der Waals surface area contributed by atoms with Crippen molar-refractivity contribution in [3.05, 3.63) is 0 Å². The number of rotatable bonds is 3. The number of aliphatic hydroxyl groups excluding tert-OH is 1. The van der Waals surface area contributed by atoms with E-state index in [1.807, 2.05) is 0 Å². The van der Waals surface area contributed by atoms with E-state index in [1.165, 1.54) is 0 Å². The largest absolute Gasteiger partial charge is 0.395 e. The van der Waals surface area contributed by atoms with E-state index in [-0.39, 0.29) is 12.2 Å². The van der Waals surface area contributed by atoms with Crippen LogP contribution in [0.2, 0.25) is 0 Å². The Kier molecular flexibility index (Phi) is 2.87. The molecule has 11 heavy (non-hydrogen) atoms. The summed E-state index contributed by atoms with van der Waals surface area (Å²) >= 11 is 0. The lowest BCUT2D eigenvalue weighted by Crippen LogP contribution is -2.33. The second kappa shape index (κ2) is 3.52. The summed E-state index contributed by atoms with van der Waals surface area (Å²) in [6.07, 6.45) is 1.07. The standard InChI is InChI=1S/C8H17NO2/c1-8(11-2)3-4-9(7-8)5-6-10/h10H,3-7H2,1-2H3. The molecule has 0 spiro atoms. The van der Waals surface area contributed by atoms with Crippen molar-refractivity contribution in [2.24, 2.45) is 0 Å². The monoisotopic (exact) mass is 159 g/mol. The molecule has 0 aliphatic carbocycles. The molecule has 1 heterocycles. The van der Waals surface area contributed by atoms with Crippen molar-refractivity contribution in [3.63, 3.8) is 0 Å². The first-order valence-corrected chi connectivity index (χ1v) is 4.08. The lowest BCUT2D eigenvalue weighted by Gasteiger charge is -2.22. The van der Waals surface area contributed by atoms with Gasteiger partial charge < -0.3 is 9.84 Å². The van der Waals surface area contributed by atoms with Crippen molar-refractivity contribution in [1.29, 1.82) is 0 Å². The Morgan fingerprint density at radius 1 is 1.64 bits per heavy atom. The third kappa shape index (κ3) is 2.15. The van der Waals surface area contributed by atoms with E-state index in [9.17, 15) is 0 Å². The normalized spacial score (nSPS) is 33.0. The van der Waals surface area contributed by atoms with E-state index >= 15 is 0 Å². The van der Waals surface area contributed by atoms with Gasteiger partial charge in [-0.1, -0.05) is 0 Å². The van der Waals surface area contributed by atoms with Gasteiger partial charge in [-0.2, -0.15) is 0 Å². The van der Waals surface area contributed by atoms with Crippen LogP contribution < -0.4 is 0 Å². The third-order valence-corrected chi connectivity index (χ3v) is 2.42. The molecule has 0 saturated carbocycles. The van der Waals surface area contributed by atoms with E-state index in [0.717, 1.165) is 26.1 Å². The van der Waals surface area contributed by atoms with Crippen molar-refractivity contribution in [1.82, 2.24) is 4.90 Å². The van der Waals surface area contributed by atoms with Gasteiger partial charge in [0.05, 0.1) is 12.2 Å². The Hall–Kier alpha value is -0.120. The molecular formula is C8H17NO2. The molecule has 0 radical (unpaired) electrons. The van der Waals surface area contributed by atoms with Gasteiger partial charge in [0.25, 0.3) is 0 Å². The van der Waals surface area contributed by atoms with Gasteiger partial charge in [0.2, 0.25) is 0 Å². The Morgan fingerprint density at radius 2 is 2.36 bits per heavy atom. The molecular weight excluding hydrogens is 142 g/mol. The van der Waals surface area contributed by atoms with E-state index in [2.05, 4.69) is 11.8 Å². The summed E-state index contributed by atoms with van der Waals surface area (Å²) in [5, 5.41) is 8.69. The number of likely N-dealkylation sites (tertiary alicyclic amines) is 1. The molecule has 1 atom stereocenters. The first kappa shape index (κ1) is 8.97. The predicted octanol–water partition coefficient (Wildman–Crippen LogP) is 0.0895. The summed E-state index contributed by atoms with van der Waals surface area (Å²) in [4.78, 5) is 2.23. The van der Waals surface area contributed by atoms with Crippen LogP contribution in [-0.4, -0.2) is 49.0 Å². The molecule has 1 unspecified atom stereocenters. The van der Waals surface area contributed by atoms with Crippen LogP contribution in [0.1, 0.15) is 13.3 Å². The second-order valence-electron chi connectivity index (χ2n) is 3.40. The molecule has 66 valence electrons. The summed E-state index contributed by atoms with van der Waals surface area (Å²) in [6.45, 7) is 5.14. The molecule has 1 rings (SSSR count). The Morgan fingerprint density at radius 3 is 2.82 bits per heavy atom. The van der Waals surface area contributed by atoms with Crippen molar-refractivity contribution in [2.75, 3.05) is 33.4 Å². The highest BCUT2D eigenvalue weighted by Gasteiger charge is 2.32. The number of nitrogens with zero attached hydrogens (tertiary/aromatic N) is 1. The fourth-order valence-electron chi connectivity index (χ4n) is 1.52. The number of aliphatic hydroxyl groups is 1. The fourth-order valence-corrected chi connectivity index (χ4v) is 1.52. The summed E-state index contributed by atoms with van der Waals surface area (Å²) < 4.78 is 5.35. The van der Waals surface area contributed by atoms with Crippen LogP contribution in [0.5, 0.6) is 0 Å². The maximum atomic E-state index is 8.69. The highest BCUT2D eigenvalue weighted by Crippen LogP contribution is 2.23. The smallest absolute Gasteiger partial charge is 0.0789 e. The van der Waals surface area contributed by atoms with E-state index < -0.39 is 0 Å². The zero-order chi connectivity index (χ0) is 8.32. The minimum absolute atomic E-state index is 0.0230. The van der Waals surface area contributed by atoms with E-state index in [4.69, 9.17) is 9.84 Å². The molecule has 0 aromatic rings. The fraction of sp³-hybridized carbons (Fsp3) is 1.00. The maximum Gasteiger partial charge on any atom is 0.0789 e. The summed E-state index contributed by atoms with van der Waals surface area (Å²) in [5.41, 5.74) is 0.0230. The Balaban J connectivity index is 2.33. The molecule has 0 amide bonds. The van der Waals surface area contributed by atoms with Gasteiger partial charge in [0, 0.05) is 26.7 Å². The Labute approximate surface area is 68.0 Å². The lowest BCUT2D eigenvalue weighted by molar-refractivity contribution is 0.0138. The number of β-amino-alcohol motifs (C(OH)–C–C–N with tert-alkyl or cyclic N) is 1. The van der Waals surface area contributed by atoms with Gasteiger partial charge in [-0.25, -0.2) is 0 Å². The van der Waals surface area contributed by atoms with Gasteiger partial charge in [0.15, 0.2) is 0 Å². The molecule has 0 bridgehead atoms. The van der Waals surface area contributed by atoms with Crippen LogP contribution in [0.15, 0.2) is 0 Å². The SMILES string of the molecule is COC1(C)CCN(CCO)C1. The summed E-state index contributed by atoms with van der Waals surface area (Å²) in [5.74, 6) is 0. The average Bonchev–Trinajstić information content (AvgIpc) is 2.35. The van der Waals surface area contributed by atoms with E-state index in [0.29, 0.717) is 0 Å². The molecule has 1 N–H and O–H groups in total. The Bertz CT molecular complexity index is 129. The molecule has 1 fully saturated rings. The topological polar surface area (TPSA) is 32.7 Å². The van der Waals surface area contributed by atoms with Gasteiger partial charge in [-0.3, -0.25) is 4.90 Å². The van der Waals surface area contributed by atoms with Crippen molar-refractivity contribution >= 4 is 0 Å². The molecule has 0 aromatic carbocycles. The zero-order valence-corrected chi connectivity index (χ0v) is 7.34. The number of ether oxygens (including phenoxy) is 1. The van der Waals surface area contributed by atoms with Crippen LogP contribution in [0, 0.1) is 0 Å². The minimum Gasteiger partial charge on any atom is -0.395 e. The second-order valence-corrected chi connectivity index (χ2v) is 3.40. The van der Waals surface area contributed by atoms with Crippen LogP contribution in [-0.2, 0) is 4.74 Å². The molecule has 1 aliphatic heterocycles. The van der Waals surface area contributed by atoms with Gasteiger partial charge in [-0.15, -0.1) is 0 Å². The van der Waals surface area contributed by atoms with Crippen molar-refractivity contribution < 1.29 is 9.84 Å². The first-order valence-electron chi connectivity index (χ1n) is 4.08. The lowest BCUT2D eigenvalue weighted by atomic mass is 10.1. The van der Waals surface area contributed by atoms with Crippen LogP contribution in [0.3, 0.4) is 0 Å². The van der Waals surface area contributed by atoms with Crippen LogP contribution >= 0.6 is 0 Å². The first-order chi connectivity index (χ1) is 5.20. The van der Waals surface area contributed by atoms with Crippen molar-refractivity contribution in [3.8, 4) is 0 Å². The minimum atomic E-state index is 0.0230. The highest BCUT2D eigenvalue weighted by molar-refractivity contribution is 4.87. The molecule has 1 aliphatic rings. The van der Waals surface area contributed by atoms with Crippen molar-refractivity contribution in [2.45, 2.75) is 18.9 Å². The quantitative estimate of drug-likeness (QED) is 0.633. The van der Waals surface area contributed by atoms with Gasteiger partial charge >= 0.3 is 0 Å². The third-order valence-electron chi connectivity index (χ3n) is 2.42. The maximum absolute atomic E-state index is 8.69. The number of methoxy groups -OCH3 is 1. The summed E-state index contributed by atoms with van der Waals surface area (Å²) in [7, 11) is 1.75.